The van der Waals surface area contributed by atoms with Gasteiger partial charge in [-0.1, -0.05) is 44.2 Å². The minimum absolute atomic E-state index is 0.0132. The smallest absolute Gasteiger partial charge is 0.254 e. The number of nitrogens with zero attached hydrogens (tertiary/aromatic N) is 1. The molecule has 1 aliphatic heterocycles. The molecule has 0 bridgehead atoms. The summed E-state index contributed by atoms with van der Waals surface area (Å²) in [6, 6.07) is 15.4. The minimum Gasteiger partial charge on any atom is -0.497 e. The Morgan fingerprint density at radius 3 is 2.41 bits per heavy atom. The Morgan fingerprint density at radius 2 is 1.79 bits per heavy atom. The summed E-state index contributed by atoms with van der Waals surface area (Å²) in [6.07, 6.45) is 0. The van der Waals surface area contributed by atoms with Crippen LogP contribution in [0.5, 0.6) is 5.75 Å². The van der Waals surface area contributed by atoms with Crippen LogP contribution in [0.15, 0.2) is 48.5 Å². The lowest BCUT2D eigenvalue weighted by molar-refractivity contribution is -0.125. The first-order valence-electron chi connectivity index (χ1n) is 10.2. The van der Waals surface area contributed by atoms with Crippen molar-refractivity contribution < 1.29 is 14.3 Å². The molecule has 2 aromatic carbocycles. The summed E-state index contributed by atoms with van der Waals surface area (Å²) < 4.78 is 5.26. The predicted molar refractivity (Wildman–Crippen MR) is 114 cm³/mol. The van der Waals surface area contributed by atoms with Crippen LogP contribution in [0.25, 0.3) is 0 Å². The monoisotopic (exact) mass is 394 g/mol. The quantitative estimate of drug-likeness (QED) is 0.814. The Kier molecular flexibility index (Phi) is 6.57. The second-order valence-corrected chi connectivity index (χ2v) is 8.15. The number of rotatable bonds is 6. The number of aryl methyl sites for hydroxylation is 1. The van der Waals surface area contributed by atoms with Gasteiger partial charge in [0.2, 0.25) is 5.91 Å². The molecule has 0 aromatic heterocycles. The van der Waals surface area contributed by atoms with Crippen LogP contribution in [0.3, 0.4) is 0 Å². The fraction of sp³-hybridized carbons (Fsp3) is 0.417. The fourth-order valence-electron chi connectivity index (χ4n) is 3.84. The van der Waals surface area contributed by atoms with Gasteiger partial charge in [-0.3, -0.25) is 9.59 Å². The van der Waals surface area contributed by atoms with Crippen molar-refractivity contribution in [3.63, 3.8) is 0 Å². The molecule has 2 atom stereocenters. The first-order chi connectivity index (χ1) is 13.9. The van der Waals surface area contributed by atoms with Crippen LogP contribution >= 0.6 is 0 Å². The van der Waals surface area contributed by atoms with Gasteiger partial charge in [0.05, 0.1) is 13.0 Å². The molecule has 1 saturated heterocycles. The third kappa shape index (κ3) is 4.78. The van der Waals surface area contributed by atoms with E-state index in [9.17, 15) is 9.59 Å². The number of carbonyl (C=O) groups is 2. The highest BCUT2D eigenvalue weighted by Gasteiger charge is 2.40. The lowest BCUT2D eigenvalue weighted by atomic mass is 9.88. The van der Waals surface area contributed by atoms with Crippen LogP contribution < -0.4 is 10.1 Å². The van der Waals surface area contributed by atoms with Crippen molar-refractivity contribution in [2.24, 2.45) is 11.8 Å². The van der Waals surface area contributed by atoms with E-state index in [2.05, 4.69) is 19.2 Å². The Labute approximate surface area is 173 Å². The second kappa shape index (κ2) is 9.12. The van der Waals surface area contributed by atoms with Crippen molar-refractivity contribution in [3.8, 4) is 5.75 Å². The first kappa shape index (κ1) is 20.9. The summed E-state index contributed by atoms with van der Waals surface area (Å²) in [5, 5.41) is 3.06. The number of hydrogen-bond acceptors (Lipinski definition) is 3. The standard InChI is InChI=1S/C24H30N2O3/c1-16(2)13-25-23(27)22-15-26(24(28)20-8-6-5-7-17(20)3)14-21(22)18-9-11-19(29-4)12-10-18/h5-12,16,21-22H,13-15H2,1-4H3,(H,25,27)/t21-,22-/m1/s1. The number of likely N-dealkylation sites (tertiary alicyclic amines) is 1. The number of benzene rings is 2. The number of carbonyl (C=O) groups excluding carboxylic acids is 2. The van der Waals surface area contributed by atoms with Gasteiger partial charge in [0.1, 0.15) is 5.75 Å². The van der Waals surface area contributed by atoms with Gasteiger partial charge >= 0.3 is 0 Å². The molecular weight excluding hydrogens is 364 g/mol. The summed E-state index contributed by atoms with van der Waals surface area (Å²) >= 11 is 0. The molecule has 0 radical (unpaired) electrons. The molecule has 2 amide bonds. The third-order valence-corrected chi connectivity index (χ3v) is 5.55. The van der Waals surface area contributed by atoms with E-state index in [-0.39, 0.29) is 23.7 Å². The molecule has 5 nitrogen and oxygen atoms in total. The van der Waals surface area contributed by atoms with E-state index in [0.717, 1.165) is 16.9 Å². The highest BCUT2D eigenvalue weighted by molar-refractivity contribution is 5.96. The molecule has 0 saturated carbocycles. The Bertz CT molecular complexity index is 861. The lowest BCUT2D eigenvalue weighted by Crippen LogP contribution is -2.37. The average molecular weight is 395 g/mol. The van der Waals surface area contributed by atoms with Gasteiger partial charge < -0.3 is 15.0 Å². The van der Waals surface area contributed by atoms with Crippen LogP contribution in [-0.4, -0.2) is 43.5 Å². The van der Waals surface area contributed by atoms with Gasteiger partial charge in [-0.25, -0.2) is 0 Å². The molecule has 3 rings (SSSR count). The Morgan fingerprint density at radius 1 is 1.10 bits per heavy atom. The number of methoxy groups -OCH3 is 1. The molecule has 1 heterocycles. The molecule has 2 aromatic rings. The molecular formula is C24H30N2O3. The van der Waals surface area contributed by atoms with Crippen molar-refractivity contribution in [1.82, 2.24) is 10.2 Å². The number of hydrogen-bond donors (Lipinski definition) is 1. The van der Waals surface area contributed by atoms with E-state index in [1.165, 1.54) is 0 Å². The van der Waals surface area contributed by atoms with Crippen LogP contribution in [0.4, 0.5) is 0 Å². The maximum atomic E-state index is 13.2. The van der Waals surface area contributed by atoms with Crippen LogP contribution in [-0.2, 0) is 4.79 Å². The molecule has 29 heavy (non-hydrogen) atoms. The van der Waals surface area contributed by atoms with Crippen molar-refractivity contribution in [1.29, 1.82) is 0 Å². The normalized spacial score (nSPS) is 18.7. The van der Waals surface area contributed by atoms with Crippen molar-refractivity contribution in [2.75, 3.05) is 26.7 Å². The molecule has 0 spiro atoms. The van der Waals surface area contributed by atoms with E-state index < -0.39 is 0 Å². The Balaban J connectivity index is 1.85. The summed E-state index contributed by atoms with van der Waals surface area (Å²) in [4.78, 5) is 27.9. The van der Waals surface area contributed by atoms with Crippen LogP contribution in [0.2, 0.25) is 0 Å². The minimum atomic E-state index is -0.268. The SMILES string of the molecule is COc1ccc([C@H]2CN(C(=O)c3ccccc3C)C[C@H]2C(=O)NCC(C)C)cc1. The van der Waals surface area contributed by atoms with Gasteiger partial charge in [0.25, 0.3) is 5.91 Å². The molecule has 1 N–H and O–H groups in total. The van der Waals surface area contributed by atoms with Crippen molar-refractivity contribution in [3.05, 3.63) is 65.2 Å². The highest BCUT2D eigenvalue weighted by Crippen LogP contribution is 2.34. The van der Waals surface area contributed by atoms with Crippen LogP contribution in [0.1, 0.15) is 41.3 Å². The third-order valence-electron chi connectivity index (χ3n) is 5.55. The van der Waals surface area contributed by atoms with E-state index >= 15 is 0 Å². The summed E-state index contributed by atoms with van der Waals surface area (Å²) in [5.41, 5.74) is 2.70. The first-order valence-corrected chi connectivity index (χ1v) is 10.2. The van der Waals surface area contributed by atoms with E-state index in [0.29, 0.717) is 31.1 Å². The lowest BCUT2D eigenvalue weighted by Gasteiger charge is -2.19. The molecule has 154 valence electrons. The average Bonchev–Trinajstić information content (AvgIpc) is 3.17. The largest absolute Gasteiger partial charge is 0.497 e. The van der Waals surface area contributed by atoms with E-state index in [1.807, 2.05) is 60.4 Å². The van der Waals surface area contributed by atoms with Gasteiger partial charge in [-0.15, -0.1) is 0 Å². The zero-order valence-corrected chi connectivity index (χ0v) is 17.6. The summed E-state index contributed by atoms with van der Waals surface area (Å²) in [5.74, 6) is 0.849. The van der Waals surface area contributed by atoms with Crippen LogP contribution in [0, 0.1) is 18.8 Å². The molecule has 5 heteroatoms. The van der Waals surface area contributed by atoms with E-state index in [1.54, 1.807) is 7.11 Å². The number of nitrogens with one attached hydrogen (secondary N) is 1. The van der Waals surface area contributed by atoms with Gasteiger partial charge in [-0.05, 0) is 42.2 Å². The summed E-state index contributed by atoms with van der Waals surface area (Å²) in [7, 11) is 1.63. The second-order valence-electron chi connectivity index (χ2n) is 8.15. The fourth-order valence-corrected chi connectivity index (χ4v) is 3.84. The van der Waals surface area contributed by atoms with Gasteiger partial charge in [-0.2, -0.15) is 0 Å². The Hall–Kier alpha value is -2.82. The van der Waals surface area contributed by atoms with E-state index in [4.69, 9.17) is 4.74 Å². The van der Waals surface area contributed by atoms with Crippen molar-refractivity contribution >= 4 is 11.8 Å². The topological polar surface area (TPSA) is 58.6 Å². The van der Waals surface area contributed by atoms with Gasteiger partial charge in [0.15, 0.2) is 0 Å². The molecule has 0 aliphatic carbocycles. The molecule has 0 unspecified atom stereocenters. The highest BCUT2D eigenvalue weighted by atomic mass is 16.5. The molecule has 1 aliphatic rings. The maximum absolute atomic E-state index is 13.2. The number of amides is 2. The summed E-state index contributed by atoms with van der Waals surface area (Å²) in [6.45, 7) is 7.67. The van der Waals surface area contributed by atoms with Crippen molar-refractivity contribution in [2.45, 2.75) is 26.7 Å². The zero-order valence-electron chi connectivity index (χ0n) is 17.6. The predicted octanol–water partition coefficient (Wildman–Crippen LogP) is 3.63. The van der Waals surface area contributed by atoms with Gasteiger partial charge in [0, 0.05) is 31.1 Å². The molecule has 1 fully saturated rings. The maximum Gasteiger partial charge on any atom is 0.254 e. The zero-order chi connectivity index (χ0) is 21.0. The number of ether oxygens (including phenoxy) is 1.